The summed E-state index contributed by atoms with van der Waals surface area (Å²) < 4.78 is 1.01. The number of rotatable bonds is 2. The lowest BCUT2D eigenvalue weighted by Gasteiger charge is -2.12. The summed E-state index contributed by atoms with van der Waals surface area (Å²) in [5, 5.41) is 6.06. The minimum absolute atomic E-state index is 0.212. The number of amides is 1. The van der Waals surface area contributed by atoms with Crippen LogP contribution >= 0.6 is 34.8 Å². The van der Waals surface area contributed by atoms with E-state index in [4.69, 9.17) is 12.2 Å². The van der Waals surface area contributed by atoms with Gasteiger partial charge in [0.25, 0.3) is 5.91 Å². The fourth-order valence-electron chi connectivity index (χ4n) is 1.83. The molecule has 0 heterocycles. The standard InChI is InChI=1S/C16H15IN2OS/c1-10-6-7-11(2)14(8-10)18-16(21)19-15(20)12-4-3-5-13(17)9-12/h3-9H,1-2H3,(H2,18,19,20,21). The first kappa shape index (κ1) is 15.9. The normalized spacial score (nSPS) is 10.0. The molecule has 0 fully saturated rings. The first-order valence-electron chi connectivity index (χ1n) is 6.41. The molecule has 0 saturated carbocycles. The SMILES string of the molecule is Cc1ccc(C)c(NC(=S)NC(=O)c2cccc(I)c2)c1. The Morgan fingerprint density at radius 2 is 1.90 bits per heavy atom. The van der Waals surface area contributed by atoms with Gasteiger partial charge in [0.05, 0.1) is 0 Å². The van der Waals surface area contributed by atoms with Crippen molar-refractivity contribution in [3.8, 4) is 0 Å². The van der Waals surface area contributed by atoms with Crippen molar-refractivity contribution >= 4 is 51.5 Å². The molecule has 0 aliphatic carbocycles. The number of carbonyl (C=O) groups excluding carboxylic acids is 1. The molecule has 0 radical (unpaired) electrons. The fourth-order valence-corrected chi connectivity index (χ4v) is 2.57. The smallest absolute Gasteiger partial charge is 0.257 e. The van der Waals surface area contributed by atoms with Gasteiger partial charge in [0, 0.05) is 14.8 Å². The van der Waals surface area contributed by atoms with Crippen LogP contribution in [0, 0.1) is 17.4 Å². The van der Waals surface area contributed by atoms with E-state index in [0.29, 0.717) is 10.7 Å². The van der Waals surface area contributed by atoms with Gasteiger partial charge in [0.15, 0.2) is 5.11 Å². The van der Waals surface area contributed by atoms with Crippen LogP contribution in [-0.2, 0) is 0 Å². The summed E-state index contributed by atoms with van der Waals surface area (Å²) >= 11 is 7.37. The van der Waals surface area contributed by atoms with Gasteiger partial charge >= 0.3 is 0 Å². The van der Waals surface area contributed by atoms with E-state index >= 15 is 0 Å². The highest BCUT2D eigenvalue weighted by molar-refractivity contribution is 14.1. The molecule has 21 heavy (non-hydrogen) atoms. The van der Waals surface area contributed by atoms with E-state index in [1.54, 1.807) is 6.07 Å². The molecule has 0 unspecified atom stereocenters. The van der Waals surface area contributed by atoms with Crippen molar-refractivity contribution in [1.82, 2.24) is 5.32 Å². The first-order chi connectivity index (χ1) is 9.95. The van der Waals surface area contributed by atoms with Crippen molar-refractivity contribution in [1.29, 1.82) is 0 Å². The molecule has 108 valence electrons. The zero-order valence-electron chi connectivity index (χ0n) is 11.7. The van der Waals surface area contributed by atoms with Crippen LogP contribution in [0.4, 0.5) is 5.69 Å². The summed E-state index contributed by atoms with van der Waals surface area (Å²) in [4.78, 5) is 12.1. The molecule has 0 aliphatic heterocycles. The van der Waals surface area contributed by atoms with Crippen LogP contribution in [0.3, 0.4) is 0 Å². The Balaban J connectivity index is 2.05. The minimum atomic E-state index is -0.212. The van der Waals surface area contributed by atoms with Gasteiger partial charge < -0.3 is 5.32 Å². The number of hydrogen-bond donors (Lipinski definition) is 2. The molecule has 0 bridgehead atoms. The van der Waals surface area contributed by atoms with Crippen molar-refractivity contribution in [2.24, 2.45) is 0 Å². The zero-order valence-corrected chi connectivity index (χ0v) is 14.7. The van der Waals surface area contributed by atoms with Gasteiger partial charge in [0.1, 0.15) is 0 Å². The number of anilines is 1. The number of carbonyl (C=O) groups is 1. The molecule has 0 aliphatic rings. The lowest BCUT2D eigenvalue weighted by Crippen LogP contribution is -2.34. The highest BCUT2D eigenvalue weighted by Gasteiger charge is 2.09. The molecule has 0 aromatic heterocycles. The summed E-state index contributed by atoms with van der Waals surface area (Å²) in [6.45, 7) is 4.00. The Hall–Kier alpha value is -1.47. The van der Waals surface area contributed by atoms with Gasteiger partial charge in [-0.05, 0) is 84.0 Å². The third kappa shape index (κ3) is 4.50. The maximum atomic E-state index is 12.1. The molecule has 0 saturated heterocycles. The third-order valence-corrected chi connectivity index (χ3v) is 3.83. The van der Waals surface area contributed by atoms with E-state index in [2.05, 4.69) is 33.2 Å². The maximum absolute atomic E-state index is 12.1. The van der Waals surface area contributed by atoms with E-state index < -0.39 is 0 Å². The van der Waals surface area contributed by atoms with Crippen molar-refractivity contribution in [3.05, 3.63) is 62.7 Å². The van der Waals surface area contributed by atoms with Crippen LogP contribution in [0.1, 0.15) is 21.5 Å². The van der Waals surface area contributed by atoms with Gasteiger partial charge in [-0.25, -0.2) is 0 Å². The molecule has 1 amide bonds. The second-order valence-electron chi connectivity index (χ2n) is 4.74. The highest BCUT2D eigenvalue weighted by Crippen LogP contribution is 2.16. The summed E-state index contributed by atoms with van der Waals surface area (Å²) in [5.74, 6) is -0.212. The topological polar surface area (TPSA) is 41.1 Å². The van der Waals surface area contributed by atoms with Crippen molar-refractivity contribution < 1.29 is 4.79 Å². The number of nitrogens with one attached hydrogen (secondary N) is 2. The largest absolute Gasteiger partial charge is 0.332 e. The number of hydrogen-bond acceptors (Lipinski definition) is 2. The van der Waals surface area contributed by atoms with E-state index in [-0.39, 0.29) is 5.91 Å². The Kier molecular flexibility index (Phi) is 5.30. The molecule has 2 aromatic rings. The van der Waals surface area contributed by atoms with E-state index in [1.807, 2.05) is 50.2 Å². The molecule has 0 spiro atoms. The van der Waals surface area contributed by atoms with Gasteiger partial charge in [-0.15, -0.1) is 0 Å². The van der Waals surface area contributed by atoms with E-state index in [0.717, 1.165) is 20.4 Å². The highest BCUT2D eigenvalue weighted by atomic mass is 127. The van der Waals surface area contributed by atoms with Crippen LogP contribution in [0.15, 0.2) is 42.5 Å². The molecular formula is C16H15IN2OS. The summed E-state index contributed by atoms with van der Waals surface area (Å²) in [7, 11) is 0. The quantitative estimate of drug-likeness (QED) is 0.580. The number of aryl methyl sites for hydroxylation is 2. The zero-order chi connectivity index (χ0) is 15.4. The van der Waals surface area contributed by atoms with Crippen LogP contribution < -0.4 is 10.6 Å². The first-order valence-corrected chi connectivity index (χ1v) is 7.89. The predicted molar refractivity (Wildman–Crippen MR) is 98.8 cm³/mol. The molecule has 2 N–H and O–H groups in total. The summed E-state index contributed by atoms with van der Waals surface area (Å²) in [6, 6.07) is 13.4. The van der Waals surface area contributed by atoms with Gasteiger partial charge in [-0.3, -0.25) is 10.1 Å². The molecule has 2 rings (SSSR count). The average molecular weight is 410 g/mol. The minimum Gasteiger partial charge on any atom is -0.332 e. The van der Waals surface area contributed by atoms with Gasteiger partial charge in [0.2, 0.25) is 0 Å². The molecule has 2 aromatic carbocycles. The van der Waals surface area contributed by atoms with Crippen LogP contribution in [-0.4, -0.2) is 11.0 Å². The second kappa shape index (κ2) is 7.00. The molecule has 3 nitrogen and oxygen atoms in total. The molecule has 5 heteroatoms. The van der Waals surface area contributed by atoms with Gasteiger partial charge in [-0.2, -0.15) is 0 Å². The van der Waals surface area contributed by atoms with E-state index in [9.17, 15) is 4.79 Å². The molecular weight excluding hydrogens is 395 g/mol. The van der Waals surface area contributed by atoms with E-state index in [1.165, 1.54) is 0 Å². The third-order valence-electron chi connectivity index (χ3n) is 2.96. The fraction of sp³-hybridized carbons (Fsp3) is 0.125. The Bertz CT molecular complexity index is 700. The van der Waals surface area contributed by atoms with Crippen molar-refractivity contribution in [3.63, 3.8) is 0 Å². The number of thiocarbonyl (C=S) groups is 1. The van der Waals surface area contributed by atoms with Gasteiger partial charge in [-0.1, -0.05) is 18.2 Å². The van der Waals surface area contributed by atoms with Crippen molar-refractivity contribution in [2.45, 2.75) is 13.8 Å². The number of benzene rings is 2. The molecule has 0 atom stereocenters. The Morgan fingerprint density at radius 1 is 1.14 bits per heavy atom. The second-order valence-corrected chi connectivity index (χ2v) is 6.39. The van der Waals surface area contributed by atoms with Crippen LogP contribution in [0.25, 0.3) is 0 Å². The average Bonchev–Trinajstić information content (AvgIpc) is 2.42. The summed E-state index contributed by atoms with van der Waals surface area (Å²) in [5.41, 5.74) is 3.70. The van der Waals surface area contributed by atoms with Crippen LogP contribution in [0.2, 0.25) is 0 Å². The van der Waals surface area contributed by atoms with Crippen molar-refractivity contribution in [2.75, 3.05) is 5.32 Å². The van der Waals surface area contributed by atoms with Crippen LogP contribution in [0.5, 0.6) is 0 Å². The lowest BCUT2D eigenvalue weighted by atomic mass is 10.1. The monoisotopic (exact) mass is 410 g/mol. The summed E-state index contributed by atoms with van der Waals surface area (Å²) in [6.07, 6.45) is 0. The Morgan fingerprint density at radius 3 is 2.62 bits per heavy atom. The number of halogens is 1. The maximum Gasteiger partial charge on any atom is 0.257 e. The predicted octanol–water partition coefficient (Wildman–Crippen LogP) is 4.03. The lowest BCUT2D eigenvalue weighted by molar-refractivity contribution is 0.0977. The Labute approximate surface area is 143 Å².